The van der Waals surface area contributed by atoms with Crippen LogP contribution in [0.3, 0.4) is 0 Å². The second kappa shape index (κ2) is 11.5. The molecule has 5 heteroatoms. The van der Waals surface area contributed by atoms with Crippen LogP contribution in [-0.2, 0) is 14.3 Å². The van der Waals surface area contributed by atoms with Crippen molar-refractivity contribution in [1.29, 1.82) is 0 Å². The zero-order valence-corrected chi connectivity index (χ0v) is 14.0. The summed E-state index contributed by atoms with van der Waals surface area (Å²) >= 11 is 0. The van der Waals surface area contributed by atoms with Crippen LogP contribution in [0.25, 0.3) is 0 Å². The molecule has 1 rings (SSSR count). The molecular weight excluding hydrogens is 296 g/mol. The van der Waals surface area contributed by atoms with Crippen molar-refractivity contribution in [3.8, 4) is 5.75 Å². The molecule has 0 aliphatic carbocycles. The fourth-order valence-corrected chi connectivity index (χ4v) is 1.97. The largest absolute Gasteiger partial charge is 0.494 e. The van der Waals surface area contributed by atoms with Gasteiger partial charge in [-0.3, -0.25) is 4.79 Å². The molecule has 0 aromatic heterocycles. The van der Waals surface area contributed by atoms with Crippen LogP contribution in [0.4, 0.5) is 0 Å². The Kier molecular flexibility index (Phi) is 9.52. The van der Waals surface area contributed by atoms with E-state index in [2.05, 4.69) is 11.7 Å². The summed E-state index contributed by atoms with van der Waals surface area (Å²) in [6, 6.07) is 6.91. The monoisotopic (exact) mass is 322 g/mol. The lowest BCUT2D eigenvalue weighted by atomic mass is 10.2. The van der Waals surface area contributed by atoms with E-state index in [1.165, 1.54) is 26.4 Å². The number of hydrogen-bond donors (Lipinski definition) is 0. The van der Waals surface area contributed by atoms with E-state index in [1.807, 2.05) is 0 Å². The minimum Gasteiger partial charge on any atom is -0.494 e. The molecule has 128 valence electrons. The molecule has 0 unspecified atom stereocenters. The zero-order valence-electron chi connectivity index (χ0n) is 14.0. The average molecular weight is 322 g/mol. The van der Waals surface area contributed by atoms with Crippen molar-refractivity contribution in [3.05, 3.63) is 29.8 Å². The number of esters is 2. The Labute approximate surface area is 137 Å². The molecule has 0 amide bonds. The summed E-state index contributed by atoms with van der Waals surface area (Å²) < 4.78 is 15.2. The standard InChI is InChI=1S/C18H26O5/c1-3-4-5-6-13-22-16-11-9-15(10-12-16)18(20)23-14-7-8-17(19)21-2/h9-12H,3-8,13-14H2,1-2H3. The van der Waals surface area contributed by atoms with Crippen LogP contribution < -0.4 is 4.74 Å². The van der Waals surface area contributed by atoms with E-state index in [9.17, 15) is 9.59 Å². The van der Waals surface area contributed by atoms with Gasteiger partial charge in [0.1, 0.15) is 5.75 Å². The maximum Gasteiger partial charge on any atom is 0.338 e. The lowest BCUT2D eigenvalue weighted by molar-refractivity contribution is -0.140. The Hall–Kier alpha value is -2.04. The lowest BCUT2D eigenvalue weighted by Gasteiger charge is -2.07. The van der Waals surface area contributed by atoms with Crippen LogP contribution >= 0.6 is 0 Å². The molecule has 0 saturated carbocycles. The molecule has 0 atom stereocenters. The van der Waals surface area contributed by atoms with E-state index in [0.717, 1.165) is 12.2 Å². The van der Waals surface area contributed by atoms with Crippen LogP contribution in [0.15, 0.2) is 24.3 Å². The van der Waals surface area contributed by atoms with Crippen molar-refractivity contribution in [2.24, 2.45) is 0 Å². The predicted molar refractivity (Wildman–Crippen MR) is 87.6 cm³/mol. The highest BCUT2D eigenvalue weighted by Crippen LogP contribution is 2.14. The summed E-state index contributed by atoms with van der Waals surface area (Å²) in [5.74, 6) is 0.0505. The second-order valence-corrected chi connectivity index (χ2v) is 5.25. The number of carbonyl (C=O) groups excluding carboxylic acids is 2. The average Bonchev–Trinajstić information content (AvgIpc) is 2.58. The normalized spacial score (nSPS) is 10.2. The highest BCUT2D eigenvalue weighted by atomic mass is 16.5. The Morgan fingerprint density at radius 3 is 2.35 bits per heavy atom. The van der Waals surface area contributed by atoms with Gasteiger partial charge in [-0.15, -0.1) is 0 Å². The molecule has 23 heavy (non-hydrogen) atoms. The summed E-state index contributed by atoms with van der Waals surface area (Å²) in [7, 11) is 1.34. The number of rotatable bonds is 11. The Bertz CT molecular complexity index is 467. The third-order valence-electron chi connectivity index (χ3n) is 3.34. The van der Waals surface area contributed by atoms with Gasteiger partial charge in [0.2, 0.25) is 0 Å². The van der Waals surface area contributed by atoms with Crippen LogP contribution in [0.1, 0.15) is 55.8 Å². The molecular formula is C18H26O5. The fraction of sp³-hybridized carbons (Fsp3) is 0.556. The molecule has 0 radical (unpaired) electrons. The first-order valence-corrected chi connectivity index (χ1v) is 8.14. The molecule has 0 fully saturated rings. The van der Waals surface area contributed by atoms with E-state index >= 15 is 0 Å². The van der Waals surface area contributed by atoms with Crippen molar-refractivity contribution in [2.75, 3.05) is 20.3 Å². The minimum atomic E-state index is -0.399. The van der Waals surface area contributed by atoms with Gasteiger partial charge in [0.05, 0.1) is 25.9 Å². The van der Waals surface area contributed by atoms with Crippen molar-refractivity contribution < 1.29 is 23.8 Å². The van der Waals surface area contributed by atoms with Crippen molar-refractivity contribution in [1.82, 2.24) is 0 Å². The van der Waals surface area contributed by atoms with Crippen molar-refractivity contribution in [2.45, 2.75) is 45.4 Å². The molecule has 0 bridgehead atoms. The quantitative estimate of drug-likeness (QED) is 0.458. The van der Waals surface area contributed by atoms with Gasteiger partial charge < -0.3 is 14.2 Å². The van der Waals surface area contributed by atoms with E-state index in [4.69, 9.17) is 9.47 Å². The number of ether oxygens (including phenoxy) is 3. The summed E-state index contributed by atoms with van der Waals surface area (Å²) in [5.41, 5.74) is 0.474. The summed E-state index contributed by atoms with van der Waals surface area (Å²) in [5, 5.41) is 0. The summed E-state index contributed by atoms with van der Waals surface area (Å²) in [6.45, 7) is 3.06. The maximum atomic E-state index is 11.8. The number of methoxy groups -OCH3 is 1. The Morgan fingerprint density at radius 1 is 0.957 bits per heavy atom. The van der Waals surface area contributed by atoms with Crippen LogP contribution in [-0.4, -0.2) is 32.3 Å². The first-order chi connectivity index (χ1) is 11.2. The van der Waals surface area contributed by atoms with E-state index < -0.39 is 5.97 Å². The zero-order chi connectivity index (χ0) is 16.9. The van der Waals surface area contributed by atoms with E-state index in [-0.39, 0.29) is 19.0 Å². The molecule has 0 N–H and O–H groups in total. The maximum absolute atomic E-state index is 11.8. The Morgan fingerprint density at radius 2 is 1.70 bits per heavy atom. The van der Waals surface area contributed by atoms with Crippen molar-refractivity contribution in [3.63, 3.8) is 0 Å². The number of carbonyl (C=O) groups is 2. The topological polar surface area (TPSA) is 61.8 Å². The third-order valence-corrected chi connectivity index (χ3v) is 3.34. The number of benzene rings is 1. The van der Waals surface area contributed by atoms with Gasteiger partial charge in [0, 0.05) is 6.42 Å². The smallest absolute Gasteiger partial charge is 0.338 e. The minimum absolute atomic E-state index is 0.198. The lowest BCUT2D eigenvalue weighted by Crippen LogP contribution is -2.08. The SMILES string of the molecule is CCCCCCOc1ccc(C(=O)OCCCC(=O)OC)cc1. The molecule has 1 aromatic rings. The molecule has 0 saturated heterocycles. The van der Waals surface area contributed by atoms with Gasteiger partial charge in [0.25, 0.3) is 0 Å². The van der Waals surface area contributed by atoms with Crippen molar-refractivity contribution >= 4 is 11.9 Å². The van der Waals surface area contributed by atoms with E-state index in [0.29, 0.717) is 18.6 Å². The molecule has 0 spiro atoms. The van der Waals surface area contributed by atoms with Gasteiger partial charge in [0.15, 0.2) is 0 Å². The van der Waals surface area contributed by atoms with Gasteiger partial charge in [-0.1, -0.05) is 26.2 Å². The summed E-state index contributed by atoms with van der Waals surface area (Å²) in [6.07, 6.45) is 5.34. The molecule has 0 heterocycles. The van der Waals surface area contributed by atoms with Crippen LogP contribution in [0.5, 0.6) is 5.75 Å². The van der Waals surface area contributed by atoms with Crippen LogP contribution in [0.2, 0.25) is 0 Å². The van der Waals surface area contributed by atoms with Gasteiger partial charge in [-0.25, -0.2) is 4.79 Å². The molecule has 0 aliphatic rings. The van der Waals surface area contributed by atoms with Crippen LogP contribution in [0, 0.1) is 0 Å². The Balaban J connectivity index is 2.26. The first kappa shape index (κ1) is 19.0. The molecule has 0 aliphatic heterocycles. The molecule has 1 aromatic carbocycles. The van der Waals surface area contributed by atoms with Gasteiger partial charge in [-0.2, -0.15) is 0 Å². The van der Waals surface area contributed by atoms with Gasteiger partial charge in [-0.05, 0) is 37.1 Å². The van der Waals surface area contributed by atoms with Gasteiger partial charge >= 0.3 is 11.9 Å². The predicted octanol–water partition coefficient (Wildman–Crippen LogP) is 3.76. The summed E-state index contributed by atoms with van der Waals surface area (Å²) in [4.78, 5) is 22.8. The first-order valence-electron chi connectivity index (χ1n) is 8.14. The number of hydrogen-bond acceptors (Lipinski definition) is 5. The number of unbranched alkanes of at least 4 members (excludes halogenated alkanes) is 3. The fourth-order valence-electron chi connectivity index (χ4n) is 1.97. The van der Waals surface area contributed by atoms with E-state index in [1.54, 1.807) is 24.3 Å². The highest BCUT2D eigenvalue weighted by Gasteiger charge is 2.08. The third kappa shape index (κ3) is 8.24. The second-order valence-electron chi connectivity index (χ2n) is 5.25. The molecule has 5 nitrogen and oxygen atoms in total. The highest BCUT2D eigenvalue weighted by molar-refractivity contribution is 5.89.